The Morgan fingerprint density at radius 3 is 2.48 bits per heavy atom. The predicted octanol–water partition coefficient (Wildman–Crippen LogP) is 5.57. The number of nitrogens with zero attached hydrogens (tertiary/aromatic N) is 4. The molecule has 0 saturated carbocycles. The quantitative estimate of drug-likeness (QED) is 0.315. The minimum atomic E-state index is 0.874. The third kappa shape index (κ3) is 1.88. The molecular weight excluding hydrogens is 380 g/mol. The minimum Gasteiger partial charge on any atom is -0.290 e. The van der Waals surface area contributed by atoms with Gasteiger partial charge in [0.15, 0.2) is 0 Å². The third-order valence-electron chi connectivity index (χ3n) is 6.88. The van der Waals surface area contributed by atoms with Gasteiger partial charge in [-0.05, 0) is 64.6 Å². The van der Waals surface area contributed by atoms with Crippen molar-refractivity contribution in [1.29, 1.82) is 0 Å². The predicted molar refractivity (Wildman–Crippen MR) is 122 cm³/mol. The van der Waals surface area contributed by atoms with Gasteiger partial charge in [0.1, 0.15) is 16.7 Å². The molecule has 0 fully saturated rings. The molecule has 0 amide bonds. The average Bonchev–Trinajstić information content (AvgIpc) is 3.47. The summed E-state index contributed by atoms with van der Waals surface area (Å²) in [6, 6.07) is 21.8. The molecule has 0 unspecified atom stereocenters. The summed E-state index contributed by atoms with van der Waals surface area (Å²) in [7, 11) is 0. The van der Waals surface area contributed by atoms with Crippen molar-refractivity contribution < 1.29 is 0 Å². The van der Waals surface area contributed by atoms with E-state index in [0.29, 0.717) is 0 Å². The van der Waals surface area contributed by atoms with E-state index in [1.54, 1.807) is 0 Å². The van der Waals surface area contributed by atoms with Crippen LogP contribution in [0, 0.1) is 0 Å². The van der Waals surface area contributed by atoms with Crippen molar-refractivity contribution in [3.05, 3.63) is 95.4 Å². The van der Waals surface area contributed by atoms with Gasteiger partial charge >= 0.3 is 0 Å². The molecule has 0 atom stereocenters. The lowest BCUT2D eigenvalue weighted by Gasteiger charge is -2.11. The van der Waals surface area contributed by atoms with Crippen molar-refractivity contribution in [3.63, 3.8) is 0 Å². The normalized spacial score (nSPS) is 13.5. The molecule has 0 bridgehead atoms. The van der Waals surface area contributed by atoms with Gasteiger partial charge in [0, 0.05) is 29.8 Å². The summed E-state index contributed by atoms with van der Waals surface area (Å²) in [5.74, 6) is 0. The van der Waals surface area contributed by atoms with Crippen LogP contribution in [-0.4, -0.2) is 19.4 Å². The smallest absolute Gasteiger partial charge is 0.147 e. The highest BCUT2D eigenvalue weighted by Crippen LogP contribution is 2.46. The molecular formula is C27H16N4. The Balaban J connectivity index is 1.52. The first-order chi connectivity index (χ1) is 15.4. The van der Waals surface area contributed by atoms with Gasteiger partial charge in [0.2, 0.25) is 0 Å². The van der Waals surface area contributed by atoms with Crippen molar-refractivity contribution >= 4 is 27.6 Å². The fourth-order valence-electron chi connectivity index (χ4n) is 5.60. The zero-order valence-electron chi connectivity index (χ0n) is 16.6. The van der Waals surface area contributed by atoms with Crippen LogP contribution in [0.2, 0.25) is 0 Å². The largest absolute Gasteiger partial charge is 0.290 e. The highest BCUT2D eigenvalue weighted by atomic mass is 15.0. The van der Waals surface area contributed by atoms with Crippen molar-refractivity contribution in [3.8, 4) is 22.4 Å². The van der Waals surface area contributed by atoms with Gasteiger partial charge in [-0.2, -0.15) is 0 Å². The molecule has 6 aromatic rings. The Kier molecular flexibility index (Phi) is 2.72. The number of fused-ring (bicyclic) bond motifs is 13. The topological polar surface area (TPSA) is 43.1 Å². The van der Waals surface area contributed by atoms with E-state index in [2.05, 4.69) is 57.9 Å². The van der Waals surface area contributed by atoms with E-state index >= 15 is 0 Å². The molecule has 0 radical (unpaired) electrons. The lowest BCUT2D eigenvalue weighted by atomic mass is 9.99. The molecule has 2 aliphatic carbocycles. The van der Waals surface area contributed by atoms with E-state index in [1.807, 2.05) is 24.5 Å². The lowest BCUT2D eigenvalue weighted by molar-refractivity contribution is 1.15. The Bertz CT molecular complexity index is 1740. The Labute approximate surface area is 177 Å². The maximum atomic E-state index is 5.13. The summed E-state index contributed by atoms with van der Waals surface area (Å²) in [5, 5.41) is 1.05. The molecule has 144 valence electrons. The molecule has 4 heterocycles. The summed E-state index contributed by atoms with van der Waals surface area (Å²) in [6.07, 6.45) is 5.57. The van der Waals surface area contributed by atoms with Crippen molar-refractivity contribution in [2.45, 2.75) is 12.8 Å². The highest BCUT2D eigenvalue weighted by Gasteiger charge is 2.30. The summed E-state index contributed by atoms with van der Waals surface area (Å²) in [6.45, 7) is 0. The van der Waals surface area contributed by atoms with Gasteiger partial charge in [-0.1, -0.05) is 30.3 Å². The van der Waals surface area contributed by atoms with Crippen LogP contribution in [0.15, 0.2) is 73.1 Å². The number of pyridine rings is 3. The van der Waals surface area contributed by atoms with Gasteiger partial charge in [0.25, 0.3) is 0 Å². The fourth-order valence-corrected chi connectivity index (χ4v) is 5.60. The van der Waals surface area contributed by atoms with Crippen LogP contribution in [0.25, 0.3) is 50.0 Å². The minimum absolute atomic E-state index is 0.874. The van der Waals surface area contributed by atoms with Crippen molar-refractivity contribution in [2.75, 3.05) is 0 Å². The number of benzene rings is 2. The zero-order valence-corrected chi connectivity index (χ0v) is 16.6. The van der Waals surface area contributed by atoms with Crippen molar-refractivity contribution in [1.82, 2.24) is 19.4 Å². The molecule has 8 rings (SSSR count). The first-order valence-corrected chi connectivity index (χ1v) is 10.6. The number of rotatable bonds is 0. The van der Waals surface area contributed by atoms with Gasteiger partial charge in [-0.3, -0.25) is 14.4 Å². The zero-order chi connectivity index (χ0) is 20.1. The fraction of sp³-hybridized carbons (Fsp3) is 0.0741. The summed E-state index contributed by atoms with van der Waals surface area (Å²) >= 11 is 0. The van der Waals surface area contributed by atoms with E-state index in [4.69, 9.17) is 9.97 Å². The van der Waals surface area contributed by atoms with Crippen molar-refractivity contribution in [2.24, 2.45) is 0 Å². The van der Waals surface area contributed by atoms with Gasteiger partial charge < -0.3 is 0 Å². The number of hydrogen-bond acceptors (Lipinski definition) is 3. The number of imidazole rings is 1. The molecule has 2 aliphatic rings. The molecule has 0 saturated heterocycles. The van der Waals surface area contributed by atoms with E-state index in [0.717, 1.165) is 46.1 Å². The molecule has 31 heavy (non-hydrogen) atoms. The Morgan fingerprint density at radius 2 is 1.52 bits per heavy atom. The molecule has 4 nitrogen and oxygen atoms in total. The SMILES string of the molecule is c1ccc2c(c1)Cc1cc3c(cc1-2)-c1c(nc2c4cccnc4c4ncccc4n12)C3. The Hall–Kier alpha value is -4.05. The van der Waals surface area contributed by atoms with Crippen LogP contribution in [0.4, 0.5) is 0 Å². The van der Waals surface area contributed by atoms with Gasteiger partial charge in [0.05, 0.1) is 16.9 Å². The monoisotopic (exact) mass is 396 g/mol. The van der Waals surface area contributed by atoms with Crippen LogP contribution < -0.4 is 0 Å². The number of hydrogen-bond donors (Lipinski definition) is 0. The summed E-state index contributed by atoms with van der Waals surface area (Å²) in [4.78, 5) is 14.5. The number of aromatic nitrogens is 4. The van der Waals surface area contributed by atoms with Crippen LogP contribution >= 0.6 is 0 Å². The first-order valence-electron chi connectivity index (χ1n) is 10.6. The molecule has 4 aromatic heterocycles. The van der Waals surface area contributed by atoms with E-state index in [-0.39, 0.29) is 0 Å². The lowest BCUT2D eigenvalue weighted by Crippen LogP contribution is -1.97. The van der Waals surface area contributed by atoms with E-state index in [1.165, 1.54) is 39.1 Å². The van der Waals surface area contributed by atoms with Gasteiger partial charge in [-0.15, -0.1) is 0 Å². The second kappa shape index (κ2) is 5.35. The van der Waals surface area contributed by atoms with E-state index in [9.17, 15) is 0 Å². The highest BCUT2D eigenvalue weighted by molar-refractivity contribution is 6.09. The van der Waals surface area contributed by atoms with Crippen LogP contribution in [0.3, 0.4) is 0 Å². The maximum Gasteiger partial charge on any atom is 0.147 e. The third-order valence-corrected chi connectivity index (χ3v) is 6.88. The second-order valence-electron chi connectivity index (χ2n) is 8.51. The molecule has 0 spiro atoms. The van der Waals surface area contributed by atoms with Gasteiger partial charge in [-0.25, -0.2) is 4.98 Å². The van der Waals surface area contributed by atoms with Crippen LogP contribution in [0.1, 0.15) is 22.4 Å². The molecule has 0 aliphatic heterocycles. The molecule has 0 N–H and O–H groups in total. The molecule has 2 aromatic carbocycles. The second-order valence-corrected chi connectivity index (χ2v) is 8.51. The molecule has 4 heteroatoms. The van der Waals surface area contributed by atoms with Crippen LogP contribution in [-0.2, 0) is 12.8 Å². The first kappa shape index (κ1) is 15.7. The summed E-state index contributed by atoms with van der Waals surface area (Å²) in [5.41, 5.74) is 14.5. The average molecular weight is 396 g/mol. The standard InChI is InChI=1S/C27H16N4/c1-2-6-18-15(5-1)11-16-12-17-13-22-26(21(17)14-20(16)18)31-23-8-4-10-29-25(23)24-19(27(31)30-22)7-3-9-28-24/h1-10,12,14H,11,13H2. The van der Waals surface area contributed by atoms with E-state index < -0.39 is 0 Å². The van der Waals surface area contributed by atoms with Crippen LogP contribution in [0.5, 0.6) is 0 Å². The Morgan fingerprint density at radius 1 is 0.677 bits per heavy atom. The summed E-state index contributed by atoms with van der Waals surface area (Å²) < 4.78 is 2.31. The maximum absolute atomic E-state index is 5.13.